The summed E-state index contributed by atoms with van der Waals surface area (Å²) in [6.07, 6.45) is -2.96. The van der Waals surface area contributed by atoms with Crippen LogP contribution in [0, 0.1) is 30.6 Å². The molecule has 3 aromatic carbocycles. The van der Waals surface area contributed by atoms with Crippen molar-refractivity contribution in [1.29, 1.82) is 0 Å². The molecule has 1 aromatic heterocycles. The number of amides is 4. The second-order valence-electron chi connectivity index (χ2n) is 14.5. The molecule has 15 heteroatoms. The van der Waals surface area contributed by atoms with Gasteiger partial charge in [-0.15, -0.1) is 0 Å². The Morgan fingerprint density at radius 2 is 1.66 bits per heavy atom. The number of aryl methyl sites for hydroxylation is 1. The van der Waals surface area contributed by atoms with Crippen LogP contribution in [0.15, 0.2) is 96.6 Å². The van der Waals surface area contributed by atoms with E-state index in [0.717, 1.165) is 26.7 Å². The van der Waals surface area contributed by atoms with Crippen LogP contribution < -0.4 is 15.2 Å². The van der Waals surface area contributed by atoms with E-state index in [9.17, 15) is 32.7 Å². The number of fused-ring (bicyclic) bond motifs is 4. The van der Waals surface area contributed by atoms with Crippen LogP contribution in [-0.4, -0.2) is 57.9 Å². The molecule has 2 N–H and O–H groups in total. The number of nitrogens with one attached hydrogen (secondary N) is 1. The topological polar surface area (TPSA) is 132 Å². The number of nitrogens with zero attached hydrogens (tertiary/aromatic N) is 4. The number of aromatic hydroxyl groups is 1. The van der Waals surface area contributed by atoms with Gasteiger partial charge in [0.15, 0.2) is 17.3 Å². The maximum Gasteiger partial charge on any atom is 0.433 e. The van der Waals surface area contributed by atoms with Crippen molar-refractivity contribution in [1.82, 2.24) is 15.0 Å². The summed E-state index contributed by atoms with van der Waals surface area (Å²) < 4.78 is 46.4. The molecule has 3 heterocycles. The predicted octanol–water partition coefficient (Wildman–Crippen LogP) is 6.81. The molecule has 2 aliphatic heterocycles. The average molecular weight is 786 g/mol. The van der Waals surface area contributed by atoms with Gasteiger partial charge < -0.3 is 9.84 Å². The SMILES string of the molecule is COc1ccc([C@H]2C3=CC[C@@H]4C(=O)N(N(C)c5nc(C(F)(F)F)ccc5Cl)C(=O)[C@@H]4[C@@H]3C[C@H]3C(=O)N(Nc4ccc(C)cc4)C(=O)[C@@]23c2ccccc2)cc1O. The fourth-order valence-corrected chi connectivity index (χ4v) is 9.43. The van der Waals surface area contributed by atoms with Crippen LogP contribution in [0.5, 0.6) is 11.5 Å². The predicted molar refractivity (Wildman–Crippen MR) is 198 cm³/mol. The summed E-state index contributed by atoms with van der Waals surface area (Å²) in [5.74, 6) is -7.70. The molecule has 2 aliphatic carbocycles. The molecule has 4 aromatic rings. The number of anilines is 2. The van der Waals surface area contributed by atoms with Gasteiger partial charge in [0.05, 0.1) is 41.0 Å². The van der Waals surface area contributed by atoms with Crippen molar-refractivity contribution in [2.24, 2.45) is 23.7 Å². The third-order valence-electron chi connectivity index (χ3n) is 11.6. The van der Waals surface area contributed by atoms with Crippen molar-refractivity contribution >= 4 is 46.7 Å². The summed E-state index contributed by atoms with van der Waals surface area (Å²) in [4.78, 5) is 62.6. The molecule has 2 saturated heterocycles. The number of alkyl halides is 3. The molecule has 0 spiro atoms. The van der Waals surface area contributed by atoms with Crippen LogP contribution in [0.4, 0.5) is 24.7 Å². The number of rotatable bonds is 7. The highest BCUT2D eigenvalue weighted by molar-refractivity contribution is 6.33. The maximum absolute atomic E-state index is 15.3. The average Bonchev–Trinajstić information content (AvgIpc) is 3.56. The number of hydrogen-bond donors (Lipinski definition) is 2. The van der Waals surface area contributed by atoms with E-state index < -0.39 is 76.3 Å². The Labute approximate surface area is 324 Å². The fraction of sp³-hybridized carbons (Fsp3) is 0.293. The largest absolute Gasteiger partial charge is 0.504 e. The van der Waals surface area contributed by atoms with Gasteiger partial charge in [-0.1, -0.05) is 77.3 Å². The first kappa shape index (κ1) is 37.1. The molecule has 0 bridgehead atoms. The van der Waals surface area contributed by atoms with Crippen LogP contribution in [-0.2, 0) is 30.8 Å². The van der Waals surface area contributed by atoms with Crippen LogP contribution in [0.2, 0.25) is 5.02 Å². The molecule has 4 aliphatic rings. The normalized spacial score (nSPS) is 25.8. The first-order valence-electron chi connectivity index (χ1n) is 17.9. The molecule has 3 fully saturated rings. The number of pyridine rings is 1. The second-order valence-corrected chi connectivity index (χ2v) is 14.9. The van der Waals surface area contributed by atoms with Crippen LogP contribution in [0.25, 0.3) is 0 Å². The highest BCUT2D eigenvalue weighted by Gasteiger charge is 2.70. The lowest BCUT2D eigenvalue weighted by atomic mass is 9.49. The quantitative estimate of drug-likeness (QED) is 0.153. The first-order valence-corrected chi connectivity index (χ1v) is 18.3. The number of allylic oxidation sites excluding steroid dienone is 2. The van der Waals surface area contributed by atoms with Gasteiger partial charge in [-0.3, -0.25) is 29.6 Å². The molecule has 6 atom stereocenters. The third-order valence-corrected chi connectivity index (χ3v) is 11.9. The zero-order valence-electron chi connectivity index (χ0n) is 30.3. The number of carbonyl (C=O) groups is 4. The number of benzene rings is 3. The van der Waals surface area contributed by atoms with Gasteiger partial charge in [0.25, 0.3) is 23.6 Å². The molecule has 0 unspecified atom stereocenters. The van der Waals surface area contributed by atoms with Gasteiger partial charge in [0.2, 0.25) is 0 Å². The Hall–Kier alpha value is -5.89. The van der Waals surface area contributed by atoms with Crippen LogP contribution in [0.1, 0.15) is 41.1 Å². The minimum absolute atomic E-state index is 0.0175. The first-order chi connectivity index (χ1) is 26.7. The summed E-state index contributed by atoms with van der Waals surface area (Å²) in [5.41, 5.74) is 3.29. The summed E-state index contributed by atoms with van der Waals surface area (Å²) in [7, 11) is 2.64. The molecule has 0 radical (unpaired) electrons. The minimum atomic E-state index is -4.82. The Kier molecular flexibility index (Phi) is 8.87. The zero-order valence-corrected chi connectivity index (χ0v) is 31.0. The standard InChI is InChI=1S/C41H35ClF3N5O6/c1-21-9-12-24(13-10-21)47-49-37(53)28-20-27-25(34(22-11-17-31(56-3)30(51)19-22)40(28,39(49)55)23-7-5-4-6-8-23)14-15-26-33(27)38(54)50(36(26)52)48(2)35-29(42)16-18-32(46-35)41(43,44)45/h4-14,16-19,26-28,33-34,47,51H,15,20H2,1-3H3/t26-,27+,28-,33-,34-,40+/m0/s1. The molecule has 288 valence electrons. The van der Waals surface area contributed by atoms with Crippen LogP contribution in [0.3, 0.4) is 0 Å². The Morgan fingerprint density at radius 3 is 2.32 bits per heavy atom. The van der Waals surface area contributed by atoms with Crippen molar-refractivity contribution in [3.63, 3.8) is 0 Å². The Bertz CT molecular complexity index is 2320. The third kappa shape index (κ3) is 5.52. The van der Waals surface area contributed by atoms with E-state index in [1.165, 1.54) is 20.2 Å². The van der Waals surface area contributed by atoms with Gasteiger partial charge in [-0.25, -0.2) is 4.98 Å². The van der Waals surface area contributed by atoms with E-state index >= 15 is 4.79 Å². The number of hydrogen-bond acceptors (Lipinski definition) is 9. The summed E-state index contributed by atoms with van der Waals surface area (Å²) in [5, 5.41) is 13.6. The lowest BCUT2D eigenvalue weighted by Crippen LogP contribution is -2.53. The van der Waals surface area contributed by atoms with E-state index in [1.54, 1.807) is 54.6 Å². The van der Waals surface area contributed by atoms with E-state index in [4.69, 9.17) is 16.3 Å². The maximum atomic E-state index is 15.3. The molecule has 56 heavy (non-hydrogen) atoms. The summed E-state index contributed by atoms with van der Waals surface area (Å²) in [6, 6.07) is 22.5. The molecule has 1 saturated carbocycles. The highest BCUT2D eigenvalue weighted by Crippen LogP contribution is 2.64. The molecular formula is C41H35ClF3N5O6. The van der Waals surface area contributed by atoms with E-state index in [-0.39, 0.29) is 29.4 Å². The van der Waals surface area contributed by atoms with Crippen molar-refractivity contribution < 1.29 is 42.2 Å². The smallest absolute Gasteiger partial charge is 0.433 e. The minimum Gasteiger partial charge on any atom is -0.504 e. The van der Waals surface area contributed by atoms with E-state index in [0.29, 0.717) is 28.5 Å². The lowest BCUT2D eigenvalue weighted by Gasteiger charge is -2.50. The van der Waals surface area contributed by atoms with Crippen molar-refractivity contribution in [2.75, 3.05) is 24.6 Å². The van der Waals surface area contributed by atoms with Gasteiger partial charge in [-0.2, -0.15) is 23.2 Å². The number of halogens is 4. The van der Waals surface area contributed by atoms with Gasteiger partial charge >= 0.3 is 6.18 Å². The zero-order chi connectivity index (χ0) is 39.8. The lowest BCUT2D eigenvalue weighted by molar-refractivity contribution is -0.142. The van der Waals surface area contributed by atoms with Gasteiger partial charge in [0.1, 0.15) is 5.69 Å². The number of carbonyl (C=O) groups excluding carboxylic acids is 4. The van der Waals surface area contributed by atoms with Gasteiger partial charge in [0, 0.05) is 13.0 Å². The number of ether oxygens (including phenoxy) is 1. The number of hydrazine groups is 2. The van der Waals surface area contributed by atoms with E-state index in [1.807, 2.05) is 25.1 Å². The monoisotopic (exact) mass is 785 g/mol. The van der Waals surface area contributed by atoms with Crippen LogP contribution >= 0.6 is 11.6 Å². The number of methoxy groups -OCH3 is 1. The fourth-order valence-electron chi connectivity index (χ4n) is 9.20. The second kappa shape index (κ2) is 13.4. The van der Waals surface area contributed by atoms with Crippen molar-refractivity contribution in [3.05, 3.63) is 124 Å². The molecule has 11 nitrogen and oxygen atoms in total. The Morgan fingerprint density at radius 1 is 0.946 bits per heavy atom. The number of imide groups is 2. The number of phenols is 1. The number of phenolic OH excluding ortho intramolecular Hbond substituents is 1. The summed E-state index contributed by atoms with van der Waals surface area (Å²) in [6.45, 7) is 1.91. The van der Waals surface area contributed by atoms with Crippen molar-refractivity contribution in [3.8, 4) is 11.5 Å². The highest BCUT2D eigenvalue weighted by atomic mass is 35.5. The number of aromatic nitrogens is 1. The van der Waals surface area contributed by atoms with Gasteiger partial charge in [-0.05, 0) is 73.2 Å². The molecular weight excluding hydrogens is 751 g/mol. The van der Waals surface area contributed by atoms with Crippen molar-refractivity contribution in [2.45, 2.75) is 37.3 Å². The summed E-state index contributed by atoms with van der Waals surface area (Å²) >= 11 is 6.30. The molecule has 4 amide bonds. The molecule has 8 rings (SSSR count). The van der Waals surface area contributed by atoms with E-state index in [2.05, 4.69) is 10.4 Å². The Balaban J connectivity index is 1.28.